The van der Waals surface area contributed by atoms with Gasteiger partial charge in [-0.2, -0.15) is 0 Å². The summed E-state index contributed by atoms with van der Waals surface area (Å²) in [7, 11) is 10.0. The smallest absolute Gasteiger partial charge is 1.00 e. The Morgan fingerprint density at radius 2 is 0.393 bits per heavy atom. The van der Waals surface area contributed by atoms with Crippen LogP contribution in [0.15, 0.2) is 0 Å². The minimum absolute atomic E-state index is 0. The van der Waals surface area contributed by atoms with Gasteiger partial charge < -0.3 is 2.85 Å². The van der Waals surface area contributed by atoms with Crippen molar-refractivity contribution in [3.8, 4) is 0 Å². The maximum absolute atomic E-state index is 5.72. The summed E-state index contributed by atoms with van der Waals surface area (Å²) in [5.41, 5.74) is 0. The molecule has 7 heteroatoms. The van der Waals surface area contributed by atoms with E-state index < -0.39 is 0 Å². The van der Waals surface area contributed by atoms with E-state index in [4.69, 9.17) is 1.19 Å². The van der Waals surface area contributed by atoms with Gasteiger partial charge in [0.25, 0.3) is 0 Å². The summed E-state index contributed by atoms with van der Waals surface area (Å²) < 4.78 is 11.4. The molecule has 0 aliphatic carbocycles. The summed E-state index contributed by atoms with van der Waals surface area (Å²) in [4.78, 5) is 0. The van der Waals surface area contributed by atoms with E-state index in [1.807, 2.05) is 0 Å². The molecule has 0 saturated carbocycles. The zero-order valence-corrected chi connectivity index (χ0v) is 15.0. The van der Waals surface area contributed by atoms with Crippen molar-refractivity contribution in [2.24, 2.45) is 0 Å². The first-order valence-corrected chi connectivity index (χ1v) is 0.667. The van der Waals surface area contributed by atoms with Gasteiger partial charge in [0.2, 0.25) is 0 Å². The zero-order chi connectivity index (χ0) is 6.71. The van der Waals surface area contributed by atoms with Crippen molar-refractivity contribution in [3.63, 3.8) is 0 Å². The summed E-state index contributed by atoms with van der Waals surface area (Å²) in [6, 6.07) is 0. The Kier molecular flexibility index (Phi) is 13100. The molecule has 28 heavy (non-hydrogen) atoms. The molecule has 0 aromatic carbocycles. The van der Waals surface area contributed by atoms with E-state index >= 15 is 0 Å². The van der Waals surface area contributed by atoms with E-state index in [0.717, 1.165) is 7.06 Å². The summed E-state index contributed by atoms with van der Waals surface area (Å²) in [6.07, 6.45) is 0. The van der Waals surface area contributed by atoms with E-state index in [1.54, 1.807) is 0 Å². The van der Waals surface area contributed by atoms with E-state index in [2.05, 4.69) is 15.5 Å². The summed E-state index contributed by atoms with van der Waals surface area (Å²) >= 11 is 2.80. The molecule has 0 nitrogen and oxygen atoms in total. The Hall–Kier alpha value is 4.93. The molecule has 0 fully saturated rings. The average Bonchev–Trinajstić information content (AvgIpc) is 1.78. The number of hydrogen-bond donors (Lipinski definition) is 0. The molecule has 0 amide bonds. The van der Waals surface area contributed by atoms with Crippen LogP contribution in [0.1, 0.15) is 360 Å². The van der Waals surface area contributed by atoms with Crippen LogP contribution in [0, 0.1) is 0 Å². The second kappa shape index (κ2) is 869. The van der Waals surface area contributed by atoms with Crippen molar-refractivity contribution in [3.05, 3.63) is 0 Å². The molecule has 0 saturated heterocycles. The standard InChI is InChI=1S/21CH4.B3.2HI.2K.141H2.2H/c;;;;;;;;;;;;;;;;;;;;;1-3-2;;;;;;;;;;;;;;;;;;;;;;;;;;;;;;;;;;;;;;;;;;;;;;;;;;;;;;;;;;;;;;;;;;;;;;;;;;;;;;;;;;;;;;;;;;;;;;;;;;;;;;;;;;;;;;;;;;;;;;;;;;;;;;;;;;;;;;;;;;;;;;;;;;;/h21*1H4;;2*1H;;;141*1H;;/q;;;;;;;;;;;;;;;;;;;;;;;;2*+1;;;;;;;;;;;;;;;;;;;;;;;;;;;;;;;;;;;;;;;;;;;;;;;;;;;;;;;;;;;;;;;;;;;;;;;;;;;;;;;;;;;;;;;;;;;;;;;;;;;;;;;;;;;;;;;;;;;;;;;;;;;;;;;;;;;;;;;;;;;;;;2*-1/i;;;;;;;;;;;;;;;;;;;;;;;;;;;;;;;;;;;;;;;;;;;;;;;;;;;;;;;;;;;;;;;;;;;;;;;;;;;;;;;;;;;;;;;;;;;;;;;;;;;;;;;;;;;;;;;;;;;;;;;;;;;;;;;;;;;;;;;;;;;;;;;;;;;;;;;;;;;;;;;;;;;;;;;2*1+1/hD2. The predicted octanol–water partition coefficient (Wildman–Crippen LogP) is 42.4. The van der Waals surface area contributed by atoms with Crippen LogP contribution in [0.5, 0.6) is 0 Å². The van der Waals surface area contributed by atoms with Crippen molar-refractivity contribution in [1.82, 2.24) is 0 Å². The van der Waals surface area contributed by atoms with Gasteiger partial charge in [-0.15, -0.1) is 47.6 Å². The van der Waals surface area contributed by atoms with Crippen LogP contribution in [-0.2, 0) is 0 Å². The minimum atomic E-state index is 0. The van der Waals surface area contributed by atoms with Gasteiger partial charge in [-0.25, -0.2) is 0 Å². The van der Waals surface area contributed by atoms with Gasteiger partial charge in [-0.3, -0.25) is 0 Å². The fraction of sp³-hybridized carbons (Fsp3) is 1.00. The third kappa shape index (κ3) is 1140. The Labute approximate surface area is 536 Å². The number of rotatable bonds is 0. The fourth-order valence-electron chi connectivity index (χ4n) is 0. The fourth-order valence-corrected chi connectivity index (χ4v) is 0. The van der Waals surface area contributed by atoms with Crippen LogP contribution in [0.4, 0.5) is 0 Å². The predicted molar refractivity (Wildman–Crippen MR) is 490 cm³/mol. The maximum atomic E-state index is 5.72. The average molecular weight is 994 g/mol. The zero-order valence-electron chi connectivity index (χ0n) is 8.49. The molecule has 0 aliphatic heterocycles. The molecule has 0 aromatic heterocycles. The summed E-state index contributed by atoms with van der Waals surface area (Å²) in [5.74, 6) is 0. The summed E-state index contributed by atoms with van der Waals surface area (Å²) in [5, 5.41) is 0. The van der Waals surface area contributed by atoms with E-state index in [0.29, 0.717) is 0 Å². The maximum Gasteiger partial charge on any atom is 1.00 e. The van der Waals surface area contributed by atoms with Crippen molar-refractivity contribution >= 4 is 70.1 Å². The molecule has 0 rings (SSSR count). The Bertz CT molecular complexity index is 144. The van der Waals surface area contributed by atoms with Crippen molar-refractivity contribution in [2.45, 2.75) is 156 Å². The second-order valence-electron chi connectivity index (χ2n) is 0.192. The SMILES string of the molecule is C.C.C.C.C.C.C.C.C.C.C.C.C.C.C.C.C.C.C.C.C.[2H-].[2H-].[2H]I.[2H]I.[B][B][B].[HH].[HH].[HH].[HH].[HH].[HH].[HH].[HH].[HH].[HH].[HH].[HH].[HH].[HH].[HH].[HH].[HH].[HH].[HH].[HH].[HH].[HH].[HH].[HH].[HH].[HH].[HH].[HH].[HH].[HH].[HH].[HH].[HH].[HH].[HH].[HH].[HH].[HH].[HH].[HH].[HH].[HH].[HH].[HH].[HH].[HH].[HH].[HH].[HH].[HH].[HH].[HH].[HH].[HH].[HH].[HH].[HH].[HH].[HH].[HH].[HH].[HH].[HH].[HH].[HH].[HH].[HH].[HH].[HH].[HH].[HH].[HH].[HH].[HH].[HH].[HH].[HH].[HH].[HH].[HH].[HH].[HH].[HH].[HH].[HH].[HH].[HH].[HH].[HH].[HH].[HH].[HH].[HH].[HH].[HH].[HH].[HH].[HH].[HH].[HH].[HH].[HH].[HH].[HH].[HH].[HH].[HH].[HH].[HH].[HH].[HH].[HH].[HH].[HH].[HH].[HH].[HH].[HH].[HH].[HH].[HH].[HH].[HH].[HH].[HH].[HH].[HH].[HH].[HH].[HH].[HH].[HH].[HH].[HH].[HH].[HH].[HH].[HH].[HH].[HH].[HH].[K+].[K+]. The Morgan fingerprint density at radius 1 is 0.393 bits per heavy atom. The first-order valence-electron chi connectivity index (χ1n) is 1.42. The molecule has 0 atom stereocenters. The molecule has 0 spiro atoms. The van der Waals surface area contributed by atoms with Gasteiger partial charge in [-0.05, 0) is 0 Å². The molecule has 479 valence electrons. The van der Waals surface area contributed by atoms with E-state index in [9.17, 15) is 0 Å². The van der Waals surface area contributed by atoms with E-state index in [-0.39, 0.29) is 463 Å². The van der Waals surface area contributed by atoms with Gasteiger partial charge in [0, 0.05) is 224 Å². The first-order chi connectivity index (χ1) is 3.41. The second-order valence-corrected chi connectivity index (χ2v) is 0.192. The van der Waals surface area contributed by atoms with Gasteiger partial charge >= 0.3 is 103 Å². The summed E-state index contributed by atoms with van der Waals surface area (Å²) in [6.45, 7) is 0. The monoisotopic (exact) mass is 994 g/mol. The van der Waals surface area contributed by atoms with Crippen LogP contribution < -0.4 is 103 Å². The van der Waals surface area contributed by atoms with Gasteiger partial charge in [0.1, 0.15) is 1.19 Å². The van der Waals surface area contributed by atoms with Crippen molar-refractivity contribution in [2.75, 3.05) is 0 Å². The van der Waals surface area contributed by atoms with Crippen LogP contribution in [0.3, 0.4) is 0 Å². The molecule has 0 N–H and O–H groups in total. The molecule has 0 aromatic rings. The molecule has 5 radical (unpaired) electrons. The quantitative estimate of drug-likeness (QED) is 0.168. The van der Waals surface area contributed by atoms with Crippen LogP contribution in [0.25, 0.3) is 0 Å². The molecule has 0 aliphatic rings. The van der Waals surface area contributed by atoms with Gasteiger partial charge in [0.15, 0.2) is 0 Å². The Balaban J connectivity index is -0.00000000000562. The Morgan fingerprint density at radius 3 is 0.393 bits per heavy atom. The largest absolute Gasteiger partial charge is 1.00 e. The topological polar surface area (TPSA) is 0 Å². The normalized spacial score (nSPS) is 0.929. The van der Waals surface area contributed by atoms with E-state index in [1.165, 1.54) is 47.6 Å². The minimum Gasteiger partial charge on any atom is -1.00 e. The van der Waals surface area contributed by atoms with Crippen molar-refractivity contribution in [1.29, 1.82) is 1.19 Å². The molecule has 0 heterocycles. The number of hydrogen-bond acceptors (Lipinski definition) is 0. The third-order valence-corrected chi connectivity index (χ3v) is 0. The van der Waals surface area contributed by atoms with Gasteiger partial charge in [0.05, 0.1) is 0 Å². The number of halogens is 2. The molecule has 0 unspecified atom stereocenters. The first kappa shape index (κ1) is 421. The van der Waals surface area contributed by atoms with Crippen LogP contribution in [0.2, 0.25) is 0 Å². The van der Waals surface area contributed by atoms with Crippen LogP contribution >= 0.6 is 47.6 Å². The molecular weight excluding hydrogens is 617 g/mol. The molecular formula is C21H370B3I2K2. The van der Waals surface area contributed by atoms with Crippen molar-refractivity contribution < 1.29 is 307 Å². The van der Waals surface area contributed by atoms with Gasteiger partial charge in [-0.1, -0.05) is 156 Å². The van der Waals surface area contributed by atoms with Crippen LogP contribution in [-0.4, -0.2) is 23.7 Å². The molecule has 0 bridgehead atoms. The third-order valence-electron chi connectivity index (χ3n) is 0.